The smallest absolute Gasteiger partial charge is 0.271 e. The number of hydrazone groups is 1. The van der Waals surface area contributed by atoms with Crippen LogP contribution in [0.5, 0.6) is 5.75 Å². The monoisotopic (exact) mass is 262 g/mol. The summed E-state index contributed by atoms with van der Waals surface area (Å²) in [6.07, 6.45) is 1.55. The fourth-order valence-corrected chi connectivity index (χ4v) is 0.853. The molecule has 8 heteroatoms. The summed E-state index contributed by atoms with van der Waals surface area (Å²) in [6.45, 7) is 0. The van der Waals surface area contributed by atoms with Crippen molar-refractivity contribution in [3.05, 3.63) is 29.8 Å². The largest absolute Gasteiger partial charge is 0.496 e. The lowest BCUT2D eigenvalue weighted by molar-refractivity contribution is 0.414. The highest BCUT2D eigenvalue weighted by Crippen LogP contribution is 2.14. The number of nitrogens with zero attached hydrogens (tertiary/aromatic N) is 1. The Morgan fingerprint density at radius 2 is 1.76 bits per heavy atom. The summed E-state index contributed by atoms with van der Waals surface area (Å²) in [7, 11) is -2.05. The van der Waals surface area contributed by atoms with Crippen molar-refractivity contribution in [2.24, 2.45) is 21.2 Å². The van der Waals surface area contributed by atoms with Crippen molar-refractivity contribution >= 4 is 16.4 Å². The highest BCUT2D eigenvalue weighted by Gasteiger charge is 1.95. The number of nitrogens with two attached hydrogens (primary N) is 3. The van der Waals surface area contributed by atoms with E-state index in [-0.39, 0.29) is 7.43 Å². The van der Waals surface area contributed by atoms with Crippen LogP contribution < -0.4 is 20.9 Å². The molecule has 1 rings (SSSR count). The predicted octanol–water partition coefficient (Wildman–Crippen LogP) is -0.227. The van der Waals surface area contributed by atoms with Crippen molar-refractivity contribution in [3.8, 4) is 5.75 Å². The predicted molar refractivity (Wildman–Crippen MR) is 68.8 cm³/mol. The molecule has 0 unspecified atom stereocenters. The number of rotatable bonds is 2. The lowest BCUT2D eigenvalue weighted by Gasteiger charge is -2.01. The first kappa shape index (κ1) is 17.7. The van der Waals surface area contributed by atoms with Crippen LogP contribution in [-0.4, -0.2) is 21.7 Å². The molecule has 0 bridgehead atoms. The van der Waals surface area contributed by atoms with Crippen LogP contribution in [0.4, 0.5) is 0 Å². The molecule has 0 amide bonds. The van der Waals surface area contributed by atoms with E-state index >= 15 is 0 Å². The summed E-state index contributed by atoms with van der Waals surface area (Å²) in [6, 6.07) is 7.54. The molecule has 6 N–H and O–H groups in total. The second kappa shape index (κ2) is 8.50. The fraction of sp³-hybridized carbons (Fsp3) is 0.222. The average Bonchev–Trinajstić information content (AvgIpc) is 2.16. The van der Waals surface area contributed by atoms with Gasteiger partial charge in [-0.15, -0.1) is 0 Å². The lowest BCUT2D eigenvalue weighted by atomic mass is 10.2. The van der Waals surface area contributed by atoms with E-state index in [1.165, 1.54) is 0 Å². The molecule has 0 atom stereocenters. The van der Waals surface area contributed by atoms with Crippen LogP contribution in [0.2, 0.25) is 0 Å². The third kappa shape index (κ3) is 10.6. The first-order chi connectivity index (χ1) is 7.38. The number of para-hydroxylation sites is 1. The van der Waals surface area contributed by atoms with Gasteiger partial charge in [0.15, 0.2) is 0 Å². The Balaban J connectivity index is 0. The number of hydrogen-bond donors (Lipinski definition) is 3. The Morgan fingerprint density at radius 1 is 1.29 bits per heavy atom. The summed E-state index contributed by atoms with van der Waals surface area (Å²) in [5, 5.41) is 11.6. The van der Waals surface area contributed by atoms with E-state index < -0.39 is 10.2 Å². The van der Waals surface area contributed by atoms with E-state index in [9.17, 15) is 8.42 Å². The zero-order chi connectivity index (χ0) is 12.6. The van der Waals surface area contributed by atoms with Crippen molar-refractivity contribution in [2.75, 3.05) is 7.11 Å². The molecule has 0 heterocycles. The average molecular weight is 262 g/mol. The molecular weight excluding hydrogens is 244 g/mol. The minimum absolute atomic E-state index is 0. The molecule has 0 saturated carbocycles. The van der Waals surface area contributed by atoms with Crippen LogP contribution in [0.3, 0.4) is 0 Å². The molecule has 0 saturated heterocycles. The highest BCUT2D eigenvalue weighted by atomic mass is 32.2. The van der Waals surface area contributed by atoms with E-state index in [4.69, 9.17) is 10.6 Å². The quantitative estimate of drug-likeness (QED) is 0.385. The zero-order valence-electron chi connectivity index (χ0n) is 8.70. The third-order valence-electron chi connectivity index (χ3n) is 1.35. The molecule has 98 valence electrons. The second-order valence-corrected chi connectivity index (χ2v) is 3.79. The Kier molecular flexibility index (Phi) is 8.88. The minimum atomic E-state index is -3.67. The molecule has 0 aliphatic rings. The molecule has 1 aromatic carbocycles. The molecule has 0 radical (unpaired) electrons. The maximum atomic E-state index is 9.19. The van der Waals surface area contributed by atoms with Gasteiger partial charge in [0.1, 0.15) is 5.75 Å². The third-order valence-corrected chi connectivity index (χ3v) is 1.35. The van der Waals surface area contributed by atoms with Crippen LogP contribution in [0.15, 0.2) is 29.4 Å². The van der Waals surface area contributed by atoms with E-state index in [0.717, 1.165) is 11.3 Å². The van der Waals surface area contributed by atoms with Crippen molar-refractivity contribution in [1.29, 1.82) is 0 Å². The van der Waals surface area contributed by atoms with Crippen molar-refractivity contribution in [3.63, 3.8) is 0 Å². The van der Waals surface area contributed by atoms with Crippen LogP contribution >= 0.6 is 0 Å². The molecule has 0 aliphatic carbocycles. The van der Waals surface area contributed by atoms with Crippen molar-refractivity contribution in [1.82, 2.24) is 0 Å². The van der Waals surface area contributed by atoms with Gasteiger partial charge in [-0.25, -0.2) is 10.3 Å². The summed E-state index contributed by atoms with van der Waals surface area (Å²) < 4.78 is 23.4. The molecule has 7 nitrogen and oxygen atoms in total. The number of benzene rings is 1. The highest BCUT2D eigenvalue weighted by molar-refractivity contribution is 7.86. The Hall–Kier alpha value is -1.64. The van der Waals surface area contributed by atoms with Crippen molar-refractivity contribution in [2.45, 2.75) is 7.43 Å². The van der Waals surface area contributed by atoms with Gasteiger partial charge in [0.25, 0.3) is 10.2 Å². The number of ether oxygens (including phenoxy) is 1. The van der Waals surface area contributed by atoms with Gasteiger partial charge >= 0.3 is 0 Å². The van der Waals surface area contributed by atoms with Gasteiger partial charge in [0, 0.05) is 5.56 Å². The second-order valence-electron chi connectivity index (χ2n) is 2.61. The first-order valence-corrected chi connectivity index (χ1v) is 5.66. The van der Waals surface area contributed by atoms with Gasteiger partial charge in [0.05, 0.1) is 13.3 Å². The van der Waals surface area contributed by atoms with Crippen LogP contribution in [0.1, 0.15) is 13.0 Å². The van der Waals surface area contributed by atoms with Gasteiger partial charge < -0.3 is 10.6 Å². The molecule has 0 aromatic heterocycles. The minimum Gasteiger partial charge on any atom is -0.496 e. The SMILES string of the molecule is C.COc1ccccc1C=NN.NS(N)(=O)=O. The van der Waals surface area contributed by atoms with Gasteiger partial charge in [-0.1, -0.05) is 19.6 Å². The van der Waals surface area contributed by atoms with Gasteiger partial charge in [-0.3, -0.25) is 0 Å². The maximum absolute atomic E-state index is 9.19. The topological polar surface area (TPSA) is 134 Å². The van der Waals surface area contributed by atoms with E-state index in [0.29, 0.717) is 0 Å². The van der Waals surface area contributed by atoms with Gasteiger partial charge in [-0.05, 0) is 12.1 Å². The maximum Gasteiger partial charge on any atom is 0.271 e. The van der Waals surface area contributed by atoms with Crippen LogP contribution in [-0.2, 0) is 10.2 Å². The van der Waals surface area contributed by atoms with E-state index in [2.05, 4.69) is 15.4 Å². The molecule has 17 heavy (non-hydrogen) atoms. The molecule has 0 fully saturated rings. The summed E-state index contributed by atoms with van der Waals surface area (Å²) in [4.78, 5) is 0. The first-order valence-electron chi connectivity index (χ1n) is 4.05. The molecule has 0 aliphatic heterocycles. The lowest BCUT2D eigenvalue weighted by Crippen LogP contribution is -2.21. The van der Waals surface area contributed by atoms with E-state index in [1.54, 1.807) is 13.3 Å². The van der Waals surface area contributed by atoms with E-state index in [1.807, 2.05) is 24.3 Å². The molecular formula is C9H18N4O3S. The summed E-state index contributed by atoms with van der Waals surface area (Å²) >= 11 is 0. The zero-order valence-corrected chi connectivity index (χ0v) is 9.52. The van der Waals surface area contributed by atoms with Crippen LogP contribution in [0, 0.1) is 0 Å². The summed E-state index contributed by atoms with van der Waals surface area (Å²) in [5.41, 5.74) is 0.887. The number of hydrogen-bond acceptors (Lipinski definition) is 5. The Bertz CT molecular complexity index is 437. The van der Waals surface area contributed by atoms with Gasteiger partial charge in [0.2, 0.25) is 0 Å². The normalized spacial score (nSPS) is 10.1. The Morgan fingerprint density at radius 3 is 2.18 bits per heavy atom. The van der Waals surface area contributed by atoms with Crippen LogP contribution in [0.25, 0.3) is 0 Å². The van der Waals surface area contributed by atoms with Crippen molar-refractivity contribution < 1.29 is 13.2 Å². The molecule has 0 spiro atoms. The number of methoxy groups -OCH3 is 1. The summed E-state index contributed by atoms with van der Waals surface area (Å²) in [5.74, 6) is 5.78. The standard InChI is InChI=1S/C8H10N2O.CH4.H4N2O2S/c1-11-8-5-3-2-4-7(8)6-10-9;;1-5(2,3)4/h2-6H,9H2,1H3;1H4;(H4,1,2,3,4). The fourth-order valence-electron chi connectivity index (χ4n) is 0.853. The molecule has 1 aromatic rings. The van der Waals surface area contributed by atoms with Gasteiger partial charge in [-0.2, -0.15) is 13.5 Å². The Labute approximate surface area is 101 Å².